The molecule has 0 bridgehead atoms. The van der Waals surface area contributed by atoms with Crippen molar-refractivity contribution in [1.82, 2.24) is 29.5 Å². The number of fused-ring (bicyclic) bond motifs is 1. The molecular formula is C19H20N6OS2. The Morgan fingerprint density at radius 1 is 1.21 bits per heavy atom. The molecular weight excluding hydrogens is 392 g/mol. The van der Waals surface area contributed by atoms with Crippen LogP contribution in [0.15, 0.2) is 54.3 Å². The normalized spacial score (nSPS) is 12.3. The molecule has 4 aromatic rings. The fourth-order valence-corrected chi connectivity index (χ4v) is 4.23. The van der Waals surface area contributed by atoms with E-state index in [1.54, 1.807) is 11.8 Å². The number of thioether (sulfide) groups is 1. The van der Waals surface area contributed by atoms with E-state index in [0.717, 1.165) is 34.5 Å². The zero-order chi connectivity index (χ0) is 19.3. The molecule has 0 saturated heterocycles. The summed E-state index contributed by atoms with van der Waals surface area (Å²) < 4.78 is 3.87. The van der Waals surface area contributed by atoms with Crippen molar-refractivity contribution in [3.8, 4) is 5.13 Å². The highest BCUT2D eigenvalue weighted by molar-refractivity contribution is 7.98. The zero-order valence-electron chi connectivity index (χ0n) is 15.4. The summed E-state index contributed by atoms with van der Waals surface area (Å²) in [4.78, 5) is 17.3. The molecule has 0 spiro atoms. The summed E-state index contributed by atoms with van der Waals surface area (Å²) in [6.07, 6.45) is 8.89. The molecule has 4 heterocycles. The van der Waals surface area contributed by atoms with Crippen LogP contribution in [0.2, 0.25) is 0 Å². The van der Waals surface area contributed by atoms with Crippen LogP contribution in [0.1, 0.15) is 24.0 Å². The first-order chi connectivity index (χ1) is 13.7. The van der Waals surface area contributed by atoms with Gasteiger partial charge in [-0.15, -0.1) is 21.5 Å². The fourth-order valence-electron chi connectivity index (χ4n) is 2.97. The number of carbonyl (C=O) groups is 1. The van der Waals surface area contributed by atoms with Gasteiger partial charge in [-0.1, -0.05) is 6.07 Å². The van der Waals surface area contributed by atoms with Crippen molar-refractivity contribution in [1.29, 1.82) is 0 Å². The summed E-state index contributed by atoms with van der Waals surface area (Å²) in [5.74, 6) is 1.61. The molecule has 0 fully saturated rings. The van der Waals surface area contributed by atoms with Crippen LogP contribution in [-0.2, 0) is 11.2 Å². The molecule has 144 valence electrons. The van der Waals surface area contributed by atoms with Gasteiger partial charge in [0.2, 0.25) is 5.91 Å². The van der Waals surface area contributed by atoms with Crippen LogP contribution in [-0.4, -0.2) is 42.1 Å². The van der Waals surface area contributed by atoms with E-state index in [2.05, 4.69) is 26.8 Å². The van der Waals surface area contributed by atoms with E-state index in [1.807, 2.05) is 63.3 Å². The van der Waals surface area contributed by atoms with Gasteiger partial charge in [0.05, 0.1) is 18.2 Å². The van der Waals surface area contributed by atoms with E-state index in [1.165, 1.54) is 11.3 Å². The number of rotatable bonds is 8. The molecule has 0 aliphatic heterocycles. The van der Waals surface area contributed by atoms with Crippen molar-refractivity contribution in [2.45, 2.75) is 18.9 Å². The van der Waals surface area contributed by atoms with Crippen molar-refractivity contribution >= 4 is 34.7 Å². The van der Waals surface area contributed by atoms with Crippen LogP contribution >= 0.6 is 23.1 Å². The van der Waals surface area contributed by atoms with Crippen molar-refractivity contribution in [2.75, 3.05) is 12.0 Å². The average Bonchev–Trinajstić information content (AvgIpc) is 3.44. The van der Waals surface area contributed by atoms with E-state index >= 15 is 0 Å². The predicted molar refractivity (Wildman–Crippen MR) is 112 cm³/mol. The molecule has 0 aliphatic rings. The molecule has 1 atom stereocenters. The Labute approximate surface area is 170 Å². The SMILES string of the molecule is CSCCC(NC(=O)Cc1csc(-n2cccc2)n1)c1nnc2ccccn12. The molecule has 9 heteroatoms. The van der Waals surface area contributed by atoms with Gasteiger partial charge in [0, 0.05) is 24.0 Å². The topological polar surface area (TPSA) is 77.1 Å². The highest BCUT2D eigenvalue weighted by atomic mass is 32.2. The number of pyridine rings is 1. The number of carbonyl (C=O) groups excluding carboxylic acids is 1. The summed E-state index contributed by atoms with van der Waals surface area (Å²) in [7, 11) is 0. The standard InChI is InChI=1S/C19H20N6OS2/c1-27-11-7-15(18-23-22-16-6-2-3-10-25(16)18)21-17(26)12-14-13-28-19(20-14)24-8-4-5-9-24/h2-6,8-10,13,15H,7,11-12H2,1H3,(H,21,26). The molecule has 0 radical (unpaired) electrons. The lowest BCUT2D eigenvalue weighted by Crippen LogP contribution is -2.31. The maximum atomic E-state index is 12.7. The second-order valence-electron chi connectivity index (χ2n) is 6.28. The molecule has 28 heavy (non-hydrogen) atoms. The van der Waals surface area contributed by atoms with Crippen LogP contribution < -0.4 is 5.32 Å². The number of hydrogen-bond donors (Lipinski definition) is 1. The molecule has 1 N–H and O–H groups in total. The number of thiazole rings is 1. The van der Waals surface area contributed by atoms with Crippen LogP contribution in [0.4, 0.5) is 0 Å². The Balaban J connectivity index is 1.48. The van der Waals surface area contributed by atoms with Gasteiger partial charge >= 0.3 is 0 Å². The van der Waals surface area contributed by atoms with E-state index < -0.39 is 0 Å². The second kappa shape index (κ2) is 8.57. The second-order valence-corrected chi connectivity index (χ2v) is 8.10. The van der Waals surface area contributed by atoms with Crippen LogP contribution in [0, 0.1) is 0 Å². The number of aromatic nitrogens is 5. The van der Waals surface area contributed by atoms with Gasteiger partial charge in [0.1, 0.15) is 0 Å². The van der Waals surface area contributed by atoms with Gasteiger partial charge in [-0.3, -0.25) is 9.20 Å². The van der Waals surface area contributed by atoms with Gasteiger partial charge in [-0.05, 0) is 42.7 Å². The Morgan fingerprint density at radius 3 is 2.86 bits per heavy atom. The first-order valence-corrected chi connectivity index (χ1v) is 11.2. The first-order valence-electron chi connectivity index (χ1n) is 8.90. The number of amides is 1. The average molecular weight is 413 g/mol. The van der Waals surface area contributed by atoms with E-state index in [-0.39, 0.29) is 18.4 Å². The van der Waals surface area contributed by atoms with Crippen LogP contribution in [0.5, 0.6) is 0 Å². The maximum absolute atomic E-state index is 12.7. The van der Waals surface area contributed by atoms with Crippen molar-refractivity contribution in [3.05, 3.63) is 65.8 Å². The van der Waals surface area contributed by atoms with Gasteiger partial charge in [0.15, 0.2) is 16.6 Å². The van der Waals surface area contributed by atoms with Crippen molar-refractivity contribution < 1.29 is 4.79 Å². The van der Waals surface area contributed by atoms with Gasteiger partial charge in [-0.25, -0.2) is 4.98 Å². The van der Waals surface area contributed by atoms with E-state index in [0.29, 0.717) is 0 Å². The lowest BCUT2D eigenvalue weighted by molar-refractivity contribution is -0.121. The molecule has 4 rings (SSSR count). The molecule has 4 aromatic heterocycles. The largest absolute Gasteiger partial charge is 0.346 e. The quantitative estimate of drug-likeness (QED) is 0.481. The molecule has 0 aliphatic carbocycles. The lowest BCUT2D eigenvalue weighted by Gasteiger charge is -2.16. The summed E-state index contributed by atoms with van der Waals surface area (Å²) in [6.45, 7) is 0. The molecule has 0 aromatic carbocycles. The highest BCUT2D eigenvalue weighted by Gasteiger charge is 2.20. The monoisotopic (exact) mass is 412 g/mol. The summed E-state index contributed by atoms with van der Waals surface area (Å²) in [5, 5.41) is 14.4. The van der Waals surface area contributed by atoms with E-state index in [9.17, 15) is 4.79 Å². The van der Waals surface area contributed by atoms with Gasteiger partial charge in [-0.2, -0.15) is 11.8 Å². The minimum absolute atomic E-state index is 0.0665. The third-order valence-corrected chi connectivity index (χ3v) is 5.85. The van der Waals surface area contributed by atoms with E-state index in [4.69, 9.17) is 0 Å². The Bertz CT molecular complexity index is 1060. The van der Waals surface area contributed by atoms with Gasteiger partial charge in [0.25, 0.3) is 0 Å². The Hall–Kier alpha value is -2.65. The summed E-state index contributed by atoms with van der Waals surface area (Å²) >= 11 is 3.27. The maximum Gasteiger partial charge on any atom is 0.226 e. The smallest absolute Gasteiger partial charge is 0.226 e. The number of hydrogen-bond acceptors (Lipinski definition) is 6. The molecule has 1 amide bonds. The third kappa shape index (κ3) is 4.10. The third-order valence-electron chi connectivity index (χ3n) is 4.30. The Morgan fingerprint density at radius 2 is 2.04 bits per heavy atom. The summed E-state index contributed by atoms with van der Waals surface area (Å²) in [5.41, 5.74) is 1.54. The predicted octanol–water partition coefficient (Wildman–Crippen LogP) is 3.13. The minimum Gasteiger partial charge on any atom is -0.346 e. The zero-order valence-corrected chi connectivity index (χ0v) is 17.0. The Kier molecular flexibility index (Phi) is 5.73. The fraction of sp³-hybridized carbons (Fsp3) is 0.263. The van der Waals surface area contributed by atoms with Crippen molar-refractivity contribution in [2.24, 2.45) is 0 Å². The first kappa shape index (κ1) is 18.7. The number of nitrogens with zero attached hydrogens (tertiary/aromatic N) is 5. The summed E-state index contributed by atoms with van der Waals surface area (Å²) in [6, 6.07) is 9.47. The number of nitrogens with one attached hydrogen (secondary N) is 1. The molecule has 0 saturated carbocycles. The highest BCUT2D eigenvalue weighted by Crippen LogP contribution is 2.19. The van der Waals surface area contributed by atoms with Gasteiger partial charge < -0.3 is 9.88 Å². The van der Waals surface area contributed by atoms with Crippen molar-refractivity contribution in [3.63, 3.8) is 0 Å². The minimum atomic E-state index is -0.195. The molecule has 7 nitrogen and oxygen atoms in total. The molecule has 1 unspecified atom stereocenters. The van der Waals surface area contributed by atoms with Crippen LogP contribution in [0.25, 0.3) is 10.8 Å². The van der Waals surface area contributed by atoms with Crippen LogP contribution in [0.3, 0.4) is 0 Å². The lowest BCUT2D eigenvalue weighted by atomic mass is 10.2.